The number of halogens is 2. The number of ether oxygens (including phenoxy) is 1. The average molecular weight is 608 g/mol. The van der Waals surface area contributed by atoms with Crippen LogP contribution in [0, 0.1) is 0 Å². The van der Waals surface area contributed by atoms with Crippen LogP contribution in [0.5, 0.6) is 5.75 Å². The summed E-state index contributed by atoms with van der Waals surface area (Å²) < 4.78 is 6.82. The van der Waals surface area contributed by atoms with Crippen LogP contribution in [0.1, 0.15) is 30.9 Å². The maximum Gasteiger partial charge on any atom is 0.261 e. The van der Waals surface area contributed by atoms with Gasteiger partial charge in [-0.1, -0.05) is 97.7 Å². The molecule has 2 amide bonds. The van der Waals surface area contributed by atoms with E-state index >= 15 is 0 Å². The highest BCUT2D eigenvalue weighted by Crippen LogP contribution is 2.33. The van der Waals surface area contributed by atoms with E-state index in [0.717, 1.165) is 39.2 Å². The molecule has 0 radical (unpaired) electrons. The maximum atomic E-state index is 13.8. The molecule has 4 aromatic carbocycles. The zero-order chi connectivity index (χ0) is 27.6. The monoisotopic (exact) mass is 606 g/mol. The molecule has 0 saturated carbocycles. The molecule has 7 heteroatoms. The molecule has 0 aromatic heterocycles. The van der Waals surface area contributed by atoms with E-state index in [1.54, 1.807) is 11.0 Å². The van der Waals surface area contributed by atoms with Gasteiger partial charge in [0.25, 0.3) is 5.91 Å². The Morgan fingerprint density at radius 2 is 1.69 bits per heavy atom. The predicted molar refractivity (Wildman–Crippen MR) is 161 cm³/mol. The molecule has 0 spiro atoms. The lowest BCUT2D eigenvalue weighted by Gasteiger charge is -2.31. The second-order valence-corrected chi connectivity index (χ2v) is 10.6. The van der Waals surface area contributed by atoms with E-state index in [-0.39, 0.29) is 25.0 Å². The summed E-state index contributed by atoms with van der Waals surface area (Å²) in [7, 11) is 0. The van der Waals surface area contributed by atoms with Crippen molar-refractivity contribution in [3.8, 4) is 5.75 Å². The molecule has 4 rings (SSSR count). The van der Waals surface area contributed by atoms with Crippen LogP contribution in [0.3, 0.4) is 0 Å². The number of hydrogen-bond donors (Lipinski definition) is 1. The summed E-state index contributed by atoms with van der Waals surface area (Å²) in [6, 6.07) is 28.1. The number of benzene rings is 4. The first-order valence-corrected chi connectivity index (χ1v) is 14.3. The molecule has 202 valence electrons. The molecule has 0 bridgehead atoms. The minimum atomic E-state index is -0.723. The van der Waals surface area contributed by atoms with Crippen LogP contribution in [0.15, 0.2) is 95.5 Å². The third-order valence-corrected chi connectivity index (χ3v) is 7.57. The molecular formula is C32H32BrClN2O3. The van der Waals surface area contributed by atoms with Crippen molar-refractivity contribution in [2.24, 2.45) is 0 Å². The molecule has 39 heavy (non-hydrogen) atoms. The number of carbonyl (C=O) groups excluding carboxylic acids is 2. The number of unbranched alkanes of at least 4 members (excludes halogenated alkanes) is 1. The number of hydrogen-bond acceptors (Lipinski definition) is 3. The van der Waals surface area contributed by atoms with Gasteiger partial charge in [-0.2, -0.15) is 0 Å². The fraction of sp³-hybridized carbons (Fsp3) is 0.250. The summed E-state index contributed by atoms with van der Waals surface area (Å²) in [5, 5.41) is 5.67. The van der Waals surface area contributed by atoms with Crippen LogP contribution < -0.4 is 10.1 Å². The summed E-state index contributed by atoms with van der Waals surface area (Å²) in [5.74, 6) is 0.0907. The van der Waals surface area contributed by atoms with Crippen molar-refractivity contribution in [2.75, 3.05) is 13.2 Å². The van der Waals surface area contributed by atoms with Gasteiger partial charge in [-0.05, 0) is 62.4 Å². The van der Waals surface area contributed by atoms with Gasteiger partial charge in [0.15, 0.2) is 6.61 Å². The van der Waals surface area contributed by atoms with Crippen LogP contribution in [0.4, 0.5) is 0 Å². The van der Waals surface area contributed by atoms with E-state index in [2.05, 4.69) is 28.2 Å². The standard InChI is InChI=1S/C32H32BrClN2O3/c1-2-3-18-35-32(38)28(20-23-10-5-4-6-11-23)36(21-24-12-9-14-26(34)19-24)30(37)22-39-29-17-16-25-13-7-8-15-27(25)31(29)33/h4-17,19,28H,2-3,18,20-22H2,1H3,(H,35,38)/t28-/m1/s1. The summed E-state index contributed by atoms with van der Waals surface area (Å²) in [6.07, 6.45) is 2.21. The van der Waals surface area contributed by atoms with E-state index < -0.39 is 6.04 Å². The van der Waals surface area contributed by atoms with Gasteiger partial charge < -0.3 is 15.0 Å². The number of amides is 2. The van der Waals surface area contributed by atoms with Crippen LogP contribution in [0.2, 0.25) is 5.02 Å². The maximum absolute atomic E-state index is 13.8. The molecule has 1 atom stereocenters. The smallest absolute Gasteiger partial charge is 0.261 e. The molecule has 0 heterocycles. The number of fused-ring (bicyclic) bond motifs is 1. The zero-order valence-electron chi connectivity index (χ0n) is 21.9. The molecule has 0 aliphatic rings. The number of nitrogens with one attached hydrogen (secondary N) is 1. The lowest BCUT2D eigenvalue weighted by Crippen LogP contribution is -2.51. The second-order valence-electron chi connectivity index (χ2n) is 9.39. The van der Waals surface area contributed by atoms with Crippen molar-refractivity contribution in [1.82, 2.24) is 10.2 Å². The largest absolute Gasteiger partial charge is 0.483 e. The first kappa shape index (κ1) is 28.7. The SMILES string of the molecule is CCCCNC(=O)[C@@H](Cc1ccccc1)N(Cc1cccc(Cl)c1)C(=O)COc1ccc2ccccc2c1Br. The lowest BCUT2D eigenvalue weighted by molar-refractivity contribution is -0.142. The van der Waals surface area contributed by atoms with Gasteiger partial charge in [0.1, 0.15) is 11.8 Å². The number of carbonyl (C=O) groups is 2. The molecule has 0 aliphatic heterocycles. The van der Waals surface area contributed by atoms with E-state index in [9.17, 15) is 9.59 Å². The van der Waals surface area contributed by atoms with Gasteiger partial charge in [0, 0.05) is 24.5 Å². The third kappa shape index (κ3) is 7.84. The highest BCUT2D eigenvalue weighted by Gasteiger charge is 2.30. The fourth-order valence-electron chi connectivity index (χ4n) is 4.44. The van der Waals surface area contributed by atoms with Crippen molar-refractivity contribution in [1.29, 1.82) is 0 Å². The Morgan fingerprint density at radius 3 is 2.46 bits per heavy atom. The quantitative estimate of drug-likeness (QED) is 0.173. The molecule has 4 aromatic rings. The highest BCUT2D eigenvalue weighted by atomic mass is 79.9. The minimum absolute atomic E-state index is 0.186. The van der Waals surface area contributed by atoms with Gasteiger partial charge >= 0.3 is 0 Å². The van der Waals surface area contributed by atoms with Crippen LogP contribution in [0.25, 0.3) is 10.8 Å². The Balaban J connectivity index is 1.62. The fourth-order valence-corrected chi connectivity index (χ4v) is 5.26. The normalized spacial score (nSPS) is 11.7. The van der Waals surface area contributed by atoms with E-state index in [0.29, 0.717) is 23.7 Å². The van der Waals surface area contributed by atoms with Crippen LogP contribution in [-0.4, -0.2) is 35.9 Å². The van der Waals surface area contributed by atoms with Crippen molar-refractivity contribution in [2.45, 2.75) is 38.8 Å². The van der Waals surface area contributed by atoms with Gasteiger partial charge in [-0.25, -0.2) is 0 Å². The molecule has 0 unspecified atom stereocenters. The van der Waals surface area contributed by atoms with Gasteiger partial charge in [-0.15, -0.1) is 0 Å². The van der Waals surface area contributed by atoms with E-state index in [1.165, 1.54) is 0 Å². The summed E-state index contributed by atoms with van der Waals surface area (Å²) >= 11 is 9.89. The molecule has 0 aliphatic carbocycles. The van der Waals surface area contributed by atoms with E-state index in [4.69, 9.17) is 16.3 Å². The second kappa shape index (κ2) is 14.2. The van der Waals surface area contributed by atoms with Crippen LogP contribution in [-0.2, 0) is 22.6 Å². The Hall–Kier alpha value is -3.35. The summed E-state index contributed by atoms with van der Waals surface area (Å²) in [4.78, 5) is 28.9. The Labute approximate surface area is 243 Å². The Bertz CT molecular complexity index is 1410. The lowest BCUT2D eigenvalue weighted by atomic mass is 10.0. The zero-order valence-corrected chi connectivity index (χ0v) is 24.3. The summed E-state index contributed by atoms with van der Waals surface area (Å²) in [5.41, 5.74) is 1.80. The predicted octanol–water partition coefficient (Wildman–Crippen LogP) is 7.19. The average Bonchev–Trinajstić information content (AvgIpc) is 2.95. The van der Waals surface area contributed by atoms with Crippen molar-refractivity contribution in [3.05, 3.63) is 112 Å². The Kier molecular flexibility index (Phi) is 10.4. The van der Waals surface area contributed by atoms with Gasteiger partial charge in [0.05, 0.1) is 4.47 Å². The van der Waals surface area contributed by atoms with Crippen LogP contribution >= 0.6 is 27.5 Å². The molecule has 0 saturated heterocycles. The first-order chi connectivity index (χ1) is 19.0. The first-order valence-electron chi connectivity index (χ1n) is 13.1. The molecule has 5 nitrogen and oxygen atoms in total. The topological polar surface area (TPSA) is 58.6 Å². The van der Waals surface area contributed by atoms with Crippen molar-refractivity contribution in [3.63, 3.8) is 0 Å². The van der Waals surface area contributed by atoms with E-state index in [1.807, 2.05) is 84.9 Å². The molecular weight excluding hydrogens is 576 g/mol. The van der Waals surface area contributed by atoms with Gasteiger partial charge in [0.2, 0.25) is 5.91 Å². The minimum Gasteiger partial charge on any atom is -0.483 e. The summed E-state index contributed by atoms with van der Waals surface area (Å²) in [6.45, 7) is 2.64. The van der Waals surface area contributed by atoms with Crippen molar-refractivity contribution < 1.29 is 14.3 Å². The molecule has 0 fully saturated rings. The van der Waals surface area contributed by atoms with Gasteiger partial charge in [-0.3, -0.25) is 9.59 Å². The number of nitrogens with zero attached hydrogens (tertiary/aromatic N) is 1. The third-order valence-electron chi connectivity index (χ3n) is 6.52. The van der Waals surface area contributed by atoms with Crippen molar-refractivity contribution >= 4 is 50.1 Å². The Morgan fingerprint density at radius 1 is 0.949 bits per heavy atom. The highest BCUT2D eigenvalue weighted by molar-refractivity contribution is 9.10. The molecule has 1 N–H and O–H groups in total. The number of rotatable bonds is 12.